The van der Waals surface area contributed by atoms with Gasteiger partial charge in [0.05, 0.1) is 23.9 Å². The Morgan fingerprint density at radius 3 is 2.70 bits per heavy atom. The van der Waals surface area contributed by atoms with E-state index >= 15 is 0 Å². The van der Waals surface area contributed by atoms with Crippen molar-refractivity contribution < 1.29 is 8.42 Å². The molecule has 3 atom stereocenters. The molecule has 2 aliphatic rings. The van der Waals surface area contributed by atoms with Crippen LogP contribution in [0, 0.1) is 11.8 Å². The van der Waals surface area contributed by atoms with Crippen LogP contribution in [0.3, 0.4) is 0 Å². The Morgan fingerprint density at radius 1 is 1.11 bits per heavy atom. The first-order valence-electron chi connectivity index (χ1n) is 8.93. The normalized spacial score (nSPS) is 26.0. The number of nitrogens with zero attached hydrogens (tertiary/aromatic N) is 5. The molecule has 140 valence electrons. The molecule has 0 saturated carbocycles. The zero-order valence-electron chi connectivity index (χ0n) is 14.9. The summed E-state index contributed by atoms with van der Waals surface area (Å²) in [7, 11) is -3.28. The molecule has 0 bridgehead atoms. The second-order valence-electron chi connectivity index (χ2n) is 7.35. The maximum absolute atomic E-state index is 12.4. The van der Waals surface area contributed by atoms with E-state index in [2.05, 4.69) is 25.1 Å². The lowest BCUT2D eigenvalue weighted by Gasteiger charge is -2.28. The quantitative estimate of drug-likeness (QED) is 0.734. The second-order valence-corrected chi connectivity index (χ2v) is 9.28. The third-order valence-corrected chi connectivity index (χ3v) is 6.94. The summed E-state index contributed by atoms with van der Waals surface area (Å²) in [6.07, 6.45) is 4.60. The Balaban J connectivity index is 1.52. The summed E-state index contributed by atoms with van der Waals surface area (Å²) < 4.78 is 26.5. The first-order valence-corrected chi connectivity index (χ1v) is 10.8. The molecule has 0 aliphatic carbocycles. The monoisotopic (exact) mass is 384 g/mol. The highest BCUT2D eigenvalue weighted by atomic mass is 32.2. The van der Waals surface area contributed by atoms with Crippen molar-refractivity contribution in [2.24, 2.45) is 11.8 Å². The van der Waals surface area contributed by atoms with Crippen molar-refractivity contribution in [1.82, 2.24) is 24.5 Å². The van der Waals surface area contributed by atoms with Gasteiger partial charge in [0.25, 0.3) is 0 Å². The topological polar surface area (TPSA) is 95.1 Å². The zero-order valence-corrected chi connectivity index (χ0v) is 15.7. The van der Waals surface area contributed by atoms with Gasteiger partial charge in [-0.1, -0.05) is 30.3 Å². The summed E-state index contributed by atoms with van der Waals surface area (Å²) in [5, 5.41) is 7.85. The summed E-state index contributed by atoms with van der Waals surface area (Å²) in [4.78, 5) is 10.9. The molecule has 5 rings (SSSR count). The van der Waals surface area contributed by atoms with Crippen molar-refractivity contribution in [2.45, 2.75) is 6.04 Å². The highest BCUT2D eigenvalue weighted by Crippen LogP contribution is 2.47. The molecule has 2 aromatic heterocycles. The lowest BCUT2D eigenvalue weighted by atomic mass is 9.90. The minimum Gasteiger partial charge on any atom is -0.355 e. The fourth-order valence-electron chi connectivity index (χ4n) is 4.59. The number of aromatic amines is 1. The van der Waals surface area contributed by atoms with Gasteiger partial charge in [0.15, 0.2) is 5.65 Å². The number of anilines is 1. The first kappa shape index (κ1) is 16.6. The Morgan fingerprint density at radius 2 is 1.93 bits per heavy atom. The Hall–Kier alpha value is -2.52. The van der Waals surface area contributed by atoms with Crippen LogP contribution in [0.5, 0.6) is 0 Å². The molecule has 0 unspecified atom stereocenters. The number of hydrogen-bond donors (Lipinski definition) is 1. The summed E-state index contributed by atoms with van der Waals surface area (Å²) in [5.74, 6) is 1.35. The van der Waals surface area contributed by atoms with E-state index in [4.69, 9.17) is 0 Å². The van der Waals surface area contributed by atoms with E-state index in [0.717, 1.165) is 35.5 Å². The summed E-state index contributed by atoms with van der Waals surface area (Å²) in [5.41, 5.74) is 1.77. The fraction of sp³-hybridized carbons (Fsp3) is 0.389. The molecule has 1 aromatic carbocycles. The van der Waals surface area contributed by atoms with Crippen molar-refractivity contribution in [1.29, 1.82) is 0 Å². The van der Waals surface area contributed by atoms with Gasteiger partial charge in [0, 0.05) is 25.6 Å². The number of rotatable bonds is 3. The van der Waals surface area contributed by atoms with Gasteiger partial charge in [0.2, 0.25) is 10.0 Å². The second kappa shape index (κ2) is 6.00. The van der Waals surface area contributed by atoms with Crippen LogP contribution in [0.1, 0.15) is 11.6 Å². The van der Waals surface area contributed by atoms with Gasteiger partial charge in [-0.3, -0.25) is 5.10 Å². The Labute approximate surface area is 157 Å². The zero-order chi connectivity index (χ0) is 18.6. The van der Waals surface area contributed by atoms with Gasteiger partial charge in [-0.2, -0.15) is 9.40 Å². The third kappa shape index (κ3) is 2.69. The minimum absolute atomic E-state index is 0.141. The van der Waals surface area contributed by atoms with E-state index < -0.39 is 10.0 Å². The molecular formula is C18H20N6O2S. The maximum Gasteiger partial charge on any atom is 0.211 e. The molecule has 2 saturated heterocycles. The van der Waals surface area contributed by atoms with Gasteiger partial charge in [0.1, 0.15) is 12.1 Å². The molecule has 0 amide bonds. The third-order valence-electron chi connectivity index (χ3n) is 5.72. The molecule has 8 nitrogen and oxygen atoms in total. The molecule has 3 aromatic rings. The Bertz CT molecular complexity index is 1080. The maximum atomic E-state index is 12.4. The van der Waals surface area contributed by atoms with Gasteiger partial charge >= 0.3 is 0 Å². The molecule has 1 N–H and O–H groups in total. The van der Waals surface area contributed by atoms with Crippen LogP contribution in [0.4, 0.5) is 5.82 Å². The number of aromatic nitrogens is 4. The number of nitrogens with one attached hydrogen (secondary N) is 1. The van der Waals surface area contributed by atoms with Gasteiger partial charge < -0.3 is 4.90 Å². The summed E-state index contributed by atoms with van der Waals surface area (Å²) in [6, 6.07) is 9.79. The molecular weight excluding hydrogens is 364 g/mol. The summed E-state index contributed by atoms with van der Waals surface area (Å²) >= 11 is 0. The summed E-state index contributed by atoms with van der Waals surface area (Å²) in [6.45, 7) is 2.07. The van der Waals surface area contributed by atoms with Gasteiger partial charge in [-0.25, -0.2) is 18.4 Å². The van der Waals surface area contributed by atoms with Gasteiger partial charge in [-0.05, 0) is 11.5 Å². The molecule has 2 aliphatic heterocycles. The number of benzene rings is 1. The van der Waals surface area contributed by atoms with Crippen LogP contribution in [0.15, 0.2) is 42.9 Å². The molecule has 2 fully saturated rings. The molecule has 4 heterocycles. The number of sulfonamides is 1. The van der Waals surface area contributed by atoms with Crippen LogP contribution in [-0.4, -0.2) is 58.8 Å². The van der Waals surface area contributed by atoms with E-state index in [0.29, 0.717) is 6.54 Å². The minimum atomic E-state index is -3.28. The van der Waals surface area contributed by atoms with Crippen molar-refractivity contribution in [2.75, 3.05) is 30.8 Å². The SMILES string of the molecule is CS(=O)(=O)N1C[C@H]2CN(c3ncnc4[nH]ncc34)C[C@H]2[C@@H]1c1ccccc1. The van der Waals surface area contributed by atoms with E-state index in [9.17, 15) is 8.42 Å². The standard InChI is InChI=1S/C18H20N6O2S/c1-27(25,26)24-9-13-8-23(18-14-7-21-22-17(14)19-11-20-18)10-15(13)16(24)12-5-3-2-4-6-12/h2-7,11,13,15-16H,8-10H2,1H3,(H,19,20,21,22)/t13-,15-,16+/m1/s1. The number of fused-ring (bicyclic) bond motifs is 2. The average Bonchev–Trinajstić information content (AvgIpc) is 3.35. The van der Waals surface area contributed by atoms with Crippen molar-refractivity contribution in [3.8, 4) is 0 Å². The van der Waals surface area contributed by atoms with Crippen LogP contribution < -0.4 is 4.90 Å². The number of hydrogen-bond acceptors (Lipinski definition) is 6. The lowest BCUT2D eigenvalue weighted by molar-refractivity contribution is 0.352. The predicted octanol–water partition coefficient (Wildman–Crippen LogP) is 1.42. The van der Waals surface area contributed by atoms with Crippen LogP contribution in [-0.2, 0) is 10.0 Å². The molecule has 27 heavy (non-hydrogen) atoms. The Kier molecular flexibility index (Phi) is 3.70. The highest BCUT2D eigenvalue weighted by molar-refractivity contribution is 7.88. The number of H-pyrrole nitrogens is 1. The van der Waals surface area contributed by atoms with Crippen molar-refractivity contribution >= 4 is 26.9 Å². The van der Waals surface area contributed by atoms with E-state index in [1.165, 1.54) is 6.26 Å². The van der Waals surface area contributed by atoms with Crippen LogP contribution in [0.2, 0.25) is 0 Å². The fourth-order valence-corrected chi connectivity index (χ4v) is 5.74. The van der Waals surface area contributed by atoms with E-state index in [1.807, 2.05) is 30.3 Å². The van der Waals surface area contributed by atoms with Gasteiger partial charge in [-0.15, -0.1) is 0 Å². The molecule has 9 heteroatoms. The largest absolute Gasteiger partial charge is 0.355 e. The average molecular weight is 384 g/mol. The van der Waals surface area contributed by atoms with E-state index in [-0.39, 0.29) is 17.9 Å². The van der Waals surface area contributed by atoms with Crippen LogP contribution >= 0.6 is 0 Å². The lowest BCUT2D eigenvalue weighted by Crippen LogP contribution is -2.35. The smallest absolute Gasteiger partial charge is 0.211 e. The molecule has 0 spiro atoms. The first-order chi connectivity index (χ1) is 13.0. The van der Waals surface area contributed by atoms with Crippen molar-refractivity contribution in [3.63, 3.8) is 0 Å². The molecule has 0 radical (unpaired) electrons. The highest BCUT2D eigenvalue weighted by Gasteiger charge is 2.50. The predicted molar refractivity (Wildman–Crippen MR) is 102 cm³/mol. The van der Waals surface area contributed by atoms with E-state index in [1.54, 1.807) is 16.8 Å². The van der Waals surface area contributed by atoms with Crippen molar-refractivity contribution in [3.05, 3.63) is 48.4 Å². The van der Waals surface area contributed by atoms with Crippen LogP contribution in [0.25, 0.3) is 11.0 Å².